The zero-order valence-electron chi connectivity index (χ0n) is 14.5. The molecule has 0 spiro atoms. The Morgan fingerprint density at radius 3 is 2.46 bits per heavy atom. The van der Waals surface area contributed by atoms with Gasteiger partial charge in [0.25, 0.3) is 0 Å². The number of nitrogens with one attached hydrogen (secondary N) is 2. The minimum Gasteiger partial charge on any atom is -0.486 e. The van der Waals surface area contributed by atoms with Crippen LogP contribution in [0.15, 0.2) is 60.7 Å². The summed E-state index contributed by atoms with van der Waals surface area (Å²) in [7, 11) is 0. The Labute approximate surface area is 151 Å². The third-order valence-electron chi connectivity index (χ3n) is 4.34. The zero-order valence-corrected chi connectivity index (χ0v) is 14.5. The number of amides is 1. The van der Waals surface area contributed by atoms with Crippen LogP contribution < -0.4 is 20.1 Å². The van der Waals surface area contributed by atoms with E-state index in [1.807, 2.05) is 67.6 Å². The summed E-state index contributed by atoms with van der Waals surface area (Å²) in [5, 5.41) is 8.40. The molecule has 0 aliphatic carbocycles. The first-order valence-electron chi connectivity index (χ1n) is 8.65. The third kappa shape index (κ3) is 3.42. The molecule has 3 aromatic rings. The normalized spacial score (nSPS) is 13.9. The maximum Gasteiger partial charge on any atom is 0.246 e. The number of fused-ring (bicyclic) bond motifs is 2. The highest BCUT2D eigenvalue weighted by Gasteiger charge is 2.16. The lowest BCUT2D eigenvalue weighted by molar-refractivity contribution is -0.116. The highest BCUT2D eigenvalue weighted by molar-refractivity contribution is 5.98. The Bertz CT molecular complexity index is 955. The first-order valence-corrected chi connectivity index (χ1v) is 8.65. The molecule has 0 fully saturated rings. The molecule has 3 aromatic carbocycles. The zero-order chi connectivity index (χ0) is 17.9. The van der Waals surface area contributed by atoms with E-state index < -0.39 is 6.04 Å². The van der Waals surface area contributed by atoms with Crippen molar-refractivity contribution in [3.05, 3.63) is 60.7 Å². The lowest BCUT2D eigenvalue weighted by atomic mass is 10.1. The Morgan fingerprint density at radius 1 is 0.885 bits per heavy atom. The highest BCUT2D eigenvalue weighted by Crippen LogP contribution is 2.32. The van der Waals surface area contributed by atoms with Crippen LogP contribution in [0.25, 0.3) is 10.8 Å². The van der Waals surface area contributed by atoms with Crippen molar-refractivity contribution in [3.63, 3.8) is 0 Å². The Kier molecular flexibility index (Phi) is 4.35. The Hall–Kier alpha value is -3.21. The van der Waals surface area contributed by atoms with Crippen molar-refractivity contribution in [2.45, 2.75) is 13.0 Å². The summed E-state index contributed by atoms with van der Waals surface area (Å²) in [6, 6.07) is 19.1. The van der Waals surface area contributed by atoms with Gasteiger partial charge in [-0.05, 0) is 42.0 Å². The minimum atomic E-state index is -0.399. The molecule has 132 valence electrons. The van der Waals surface area contributed by atoms with Crippen LogP contribution in [0.2, 0.25) is 0 Å². The minimum absolute atomic E-state index is 0.102. The van der Waals surface area contributed by atoms with Gasteiger partial charge in [0, 0.05) is 17.4 Å². The number of hydrogen-bond acceptors (Lipinski definition) is 4. The number of carbonyl (C=O) groups excluding carboxylic acids is 1. The first-order chi connectivity index (χ1) is 12.7. The largest absolute Gasteiger partial charge is 0.486 e. The van der Waals surface area contributed by atoms with Crippen LogP contribution in [0.5, 0.6) is 11.5 Å². The van der Waals surface area contributed by atoms with Crippen molar-refractivity contribution in [3.8, 4) is 11.5 Å². The second kappa shape index (κ2) is 6.96. The molecule has 2 N–H and O–H groups in total. The van der Waals surface area contributed by atoms with Crippen molar-refractivity contribution in [2.75, 3.05) is 23.8 Å². The van der Waals surface area contributed by atoms with Crippen LogP contribution in [0.3, 0.4) is 0 Å². The molecule has 5 nitrogen and oxygen atoms in total. The van der Waals surface area contributed by atoms with Crippen LogP contribution in [-0.4, -0.2) is 25.2 Å². The van der Waals surface area contributed by atoms with E-state index in [0.717, 1.165) is 27.9 Å². The quantitative estimate of drug-likeness (QED) is 0.747. The molecule has 1 aliphatic rings. The van der Waals surface area contributed by atoms with Gasteiger partial charge in [-0.1, -0.05) is 30.3 Å². The van der Waals surface area contributed by atoms with Crippen LogP contribution in [-0.2, 0) is 4.79 Å². The van der Waals surface area contributed by atoms with Gasteiger partial charge in [-0.3, -0.25) is 4.79 Å². The van der Waals surface area contributed by atoms with Crippen molar-refractivity contribution in [2.24, 2.45) is 0 Å². The van der Waals surface area contributed by atoms with E-state index in [9.17, 15) is 4.79 Å². The van der Waals surface area contributed by atoms with Gasteiger partial charge in [0.05, 0.1) is 0 Å². The fourth-order valence-electron chi connectivity index (χ4n) is 2.97. The van der Waals surface area contributed by atoms with Crippen LogP contribution in [0, 0.1) is 0 Å². The second-order valence-electron chi connectivity index (χ2n) is 6.28. The topological polar surface area (TPSA) is 59.6 Å². The Morgan fingerprint density at radius 2 is 1.62 bits per heavy atom. The lowest BCUT2D eigenvalue weighted by Crippen LogP contribution is -2.31. The number of hydrogen-bond donors (Lipinski definition) is 2. The predicted molar refractivity (Wildman–Crippen MR) is 103 cm³/mol. The summed E-state index contributed by atoms with van der Waals surface area (Å²) < 4.78 is 11.1. The summed E-state index contributed by atoms with van der Waals surface area (Å²) in [6.07, 6.45) is 0. The summed E-state index contributed by atoms with van der Waals surface area (Å²) in [4.78, 5) is 12.5. The molecule has 1 aliphatic heterocycles. The molecule has 1 atom stereocenters. The van der Waals surface area contributed by atoms with Gasteiger partial charge in [0.2, 0.25) is 5.91 Å². The summed E-state index contributed by atoms with van der Waals surface area (Å²) in [5.74, 6) is 1.33. The van der Waals surface area contributed by atoms with E-state index >= 15 is 0 Å². The van der Waals surface area contributed by atoms with Crippen molar-refractivity contribution < 1.29 is 14.3 Å². The van der Waals surface area contributed by atoms with E-state index in [4.69, 9.17) is 9.47 Å². The van der Waals surface area contributed by atoms with E-state index in [1.54, 1.807) is 0 Å². The molecular formula is C21H20N2O3. The van der Waals surface area contributed by atoms with Crippen molar-refractivity contribution in [1.82, 2.24) is 0 Å². The van der Waals surface area contributed by atoms with Gasteiger partial charge in [-0.25, -0.2) is 0 Å². The van der Waals surface area contributed by atoms with Gasteiger partial charge in [0.1, 0.15) is 19.3 Å². The number of carbonyl (C=O) groups is 1. The summed E-state index contributed by atoms with van der Waals surface area (Å²) in [6.45, 7) is 2.92. The standard InChI is InChI=1S/C21H20N2O3/c1-14(22-18-8-9-19-20(13-18)26-11-10-25-19)21(24)23-17-7-6-15-4-2-3-5-16(15)12-17/h2-9,12-14,22H,10-11H2,1H3,(H,23,24)/t14-/m1/s1. The SMILES string of the molecule is C[C@@H](Nc1ccc2c(c1)OCCO2)C(=O)Nc1ccc2ccccc2c1. The molecule has 0 bridgehead atoms. The average molecular weight is 348 g/mol. The molecule has 1 heterocycles. The average Bonchev–Trinajstić information content (AvgIpc) is 2.67. The predicted octanol–water partition coefficient (Wildman–Crippen LogP) is 4.05. The fraction of sp³-hybridized carbons (Fsp3) is 0.190. The van der Waals surface area contributed by atoms with Crippen molar-refractivity contribution >= 4 is 28.1 Å². The molecule has 4 rings (SSSR count). The van der Waals surface area contributed by atoms with Crippen LogP contribution in [0.1, 0.15) is 6.92 Å². The fourth-order valence-corrected chi connectivity index (χ4v) is 2.97. The highest BCUT2D eigenvalue weighted by atomic mass is 16.6. The molecular weight excluding hydrogens is 328 g/mol. The summed E-state index contributed by atoms with van der Waals surface area (Å²) in [5.41, 5.74) is 1.60. The van der Waals surface area contributed by atoms with E-state index in [2.05, 4.69) is 10.6 Å². The second-order valence-corrected chi connectivity index (χ2v) is 6.28. The smallest absolute Gasteiger partial charge is 0.246 e. The Balaban J connectivity index is 1.44. The number of anilines is 2. The van der Waals surface area contributed by atoms with Gasteiger partial charge < -0.3 is 20.1 Å². The summed E-state index contributed by atoms with van der Waals surface area (Å²) >= 11 is 0. The molecule has 0 radical (unpaired) electrons. The van der Waals surface area contributed by atoms with E-state index in [1.165, 1.54) is 0 Å². The van der Waals surface area contributed by atoms with Gasteiger partial charge in [0.15, 0.2) is 11.5 Å². The number of rotatable bonds is 4. The van der Waals surface area contributed by atoms with Crippen LogP contribution in [0.4, 0.5) is 11.4 Å². The molecule has 0 aromatic heterocycles. The molecule has 0 saturated heterocycles. The molecule has 0 saturated carbocycles. The van der Waals surface area contributed by atoms with Gasteiger partial charge in [-0.2, -0.15) is 0 Å². The monoisotopic (exact) mass is 348 g/mol. The van der Waals surface area contributed by atoms with Crippen molar-refractivity contribution in [1.29, 1.82) is 0 Å². The maximum atomic E-state index is 12.5. The van der Waals surface area contributed by atoms with Gasteiger partial charge >= 0.3 is 0 Å². The molecule has 26 heavy (non-hydrogen) atoms. The van der Waals surface area contributed by atoms with E-state index in [0.29, 0.717) is 19.0 Å². The number of ether oxygens (including phenoxy) is 2. The molecule has 0 unspecified atom stereocenters. The first kappa shape index (κ1) is 16.3. The lowest BCUT2D eigenvalue weighted by Gasteiger charge is -2.20. The number of benzene rings is 3. The van der Waals surface area contributed by atoms with Gasteiger partial charge in [-0.15, -0.1) is 0 Å². The molecule has 1 amide bonds. The maximum absolute atomic E-state index is 12.5. The third-order valence-corrected chi connectivity index (χ3v) is 4.34. The van der Waals surface area contributed by atoms with E-state index in [-0.39, 0.29) is 5.91 Å². The van der Waals surface area contributed by atoms with Crippen LogP contribution >= 0.6 is 0 Å². The molecule has 5 heteroatoms.